The van der Waals surface area contributed by atoms with E-state index in [0.29, 0.717) is 0 Å². The molecular formula is C30H24N2S. The lowest BCUT2D eigenvalue weighted by Gasteiger charge is -2.02. The van der Waals surface area contributed by atoms with E-state index in [1.165, 1.54) is 10.8 Å². The van der Waals surface area contributed by atoms with Crippen LogP contribution in [0.2, 0.25) is 0 Å². The third-order valence-corrected chi connectivity index (χ3v) is 5.34. The number of aromatic nitrogens is 2. The first-order valence-electron chi connectivity index (χ1n) is 10.7. The van der Waals surface area contributed by atoms with Gasteiger partial charge in [-0.3, -0.25) is 0 Å². The summed E-state index contributed by atoms with van der Waals surface area (Å²) >= 11 is 0. The Morgan fingerprint density at radius 1 is 0.333 bits per heavy atom. The average Bonchev–Trinajstić information content (AvgIpc) is 2.89. The van der Waals surface area contributed by atoms with Crippen LogP contribution in [0.15, 0.2) is 133 Å². The Balaban J connectivity index is 0.000000152. The van der Waals surface area contributed by atoms with Crippen molar-refractivity contribution in [3.63, 3.8) is 0 Å². The lowest BCUT2D eigenvalue weighted by atomic mass is 10.1. The number of pyridine rings is 2. The zero-order valence-electron chi connectivity index (χ0n) is 18.1. The average molecular weight is 445 g/mol. The number of benzene rings is 4. The highest BCUT2D eigenvalue weighted by atomic mass is 32.1. The second-order valence-electron chi connectivity index (χ2n) is 7.51. The molecular weight excluding hydrogens is 420 g/mol. The molecule has 4 aromatic carbocycles. The molecule has 0 bridgehead atoms. The maximum atomic E-state index is 4.65. The standard InChI is InChI=1S/2C15H11N.H2S/c2*1-2-6-12(7-3-1)15-11-10-13-8-4-5-9-14(13)16-15;/h2*1-11H;1H2. The zero-order chi connectivity index (χ0) is 21.6. The van der Waals surface area contributed by atoms with Gasteiger partial charge in [-0.15, -0.1) is 0 Å². The van der Waals surface area contributed by atoms with Gasteiger partial charge >= 0.3 is 0 Å². The molecule has 3 heteroatoms. The molecule has 0 aliphatic carbocycles. The molecule has 0 radical (unpaired) electrons. The van der Waals surface area contributed by atoms with E-state index in [4.69, 9.17) is 0 Å². The normalized spacial score (nSPS) is 10.2. The lowest BCUT2D eigenvalue weighted by Crippen LogP contribution is -1.84. The van der Waals surface area contributed by atoms with Crippen molar-refractivity contribution in [1.29, 1.82) is 0 Å². The van der Waals surface area contributed by atoms with Crippen LogP contribution in [0.3, 0.4) is 0 Å². The van der Waals surface area contributed by atoms with E-state index in [1.807, 2.05) is 72.8 Å². The Labute approximate surface area is 201 Å². The van der Waals surface area contributed by atoms with Crippen LogP contribution < -0.4 is 0 Å². The van der Waals surface area contributed by atoms with Crippen LogP contribution >= 0.6 is 13.5 Å². The molecule has 2 aromatic heterocycles. The van der Waals surface area contributed by atoms with Crippen molar-refractivity contribution < 1.29 is 0 Å². The lowest BCUT2D eigenvalue weighted by molar-refractivity contribution is 1.40. The third-order valence-electron chi connectivity index (χ3n) is 5.34. The fourth-order valence-electron chi connectivity index (χ4n) is 3.67. The fourth-order valence-corrected chi connectivity index (χ4v) is 3.67. The summed E-state index contributed by atoms with van der Waals surface area (Å²) in [5.74, 6) is 0. The second kappa shape index (κ2) is 10.6. The highest BCUT2D eigenvalue weighted by Crippen LogP contribution is 2.21. The summed E-state index contributed by atoms with van der Waals surface area (Å²) in [6, 6.07) is 45.2. The van der Waals surface area contributed by atoms with Crippen molar-refractivity contribution in [3.8, 4) is 22.5 Å². The number of nitrogens with zero attached hydrogens (tertiary/aromatic N) is 2. The Hall–Kier alpha value is -3.95. The molecule has 0 atom stereocenters. The van der Waals surface area contributed by atoms with E-state index >= 15 is 0 Å². The fraction of sp³-hybridized carbons (Fsp3) is 0. The molecule has 0 fully saturated rings. The van der Waals surface area contributed by atoms with E-state index in [1.54, 1.807) is 0 Å². The maximum Gasteiger partial charge on any atom is 0.0709 e. The molecule has 6 rings (SSSR count). The van der Waals surface area contributed by atoms with E-state index < -0.39 is 0 Å². The largest absolute Gasteiger partial charge is 0.248 e. The number of fused-ring (bicyclic) bond motifs is 2. The minimum absolute atomic E-state index is 0. The van der Waals surface area contributed by atoms with Gasteiger partial charge in [0.2, 0.25) is 0 Å². The van der Waals surface area contributed by atoms with Gasteiger partial charge in [0.05, 0.1) is 22.4 Å². The molecule has 2 nitrogen and oxygen atoms in total. The quantitative estimate of drug-likeness (QED) is 0.271. The first kappa shape index (κ1) is 22.3. The van der Waals surface area contributed by atoms with Crippen molar-refractivity contribution in [3.05, 3.63) is 133 Å². The number of rotatable bonds is 2. The Kier molecular flexibility index (Phi) is 7.13. The smallest absolute Gasteiger partial charge is 0.0709 e. The molecule has 6 aromatic rings. The first-order chi connectivity index (χ1) is 15.9. The monoisotopic (exact) mass is 444 g/mol. The molecule has 2 heterocycles. The third kappa shape index (κ3) is 5.28. The predicted octanol–water partition coefficient (Wildman–Crippen LogP) is 7.92. The number of para-hydroxylation sites is 2. The number of hydrogen-bond acceptors (Lipinski definition) is 2. The van der Waals surface area contributed by atoms with Crippen LogP contribution in [0.4, 0.5) is 0 Å². The molecule has 0 unspecified atom stereocenters. The first-order valence-corrected chi connectivity index (χ1v) is 10.7. The van der Waals surface area contributed by atoms with Gasteiger partial charge in [-0.1, -0.05) is 109 Å². The summed E-state index contributed by atoms with van der Waals surface area (Å²) < 4.78 is 0. The van der Waals surface area contributed by atoms with Gasteiger partial charge in [-0.2, -0.15) is 13.5 Å². The van der Waals surface area contributed by atoms with E-state index in [-0.39, 0.29) is 13.5 Å². The molecule has 0 saturated heterocycles. The molecule has 0 aliphatic heterocycles. The van der Waals surface area contributed by atoms with E-state index in [2.05, 4.69) is 70.6 Å². The summed E-state index contributed by atoms with van der Waals surface area (Å²) in [5.41, 5.74) is 6.47. The van der Waals surface area contributed by atoms with Gasteiger partial charge in [0.1, 0.15) is 0 Å². The Morgan fingerprint density at radius 2 is 0.697 bits per heavy atom. The second-order valence-corrected chi connectivity index (χ2v) is 7.51. The molecule has 0 amide bonds. The van der Waals surface area contributed by atoms with Gasteiger partial charge in [0.25, 0.3) is 0 Å². The van der Waals surface area contributed by atoms with E-state index in [9.17, 15) is 0 Å². The topological polar surface area (TPSA) is 25.8 Å². The van der Waals surface area contributed by atoms with Gasteiger partial charge in [-0.25, -0.2) is 9.97 Å². The summed E-state index contributed by atoms with van der Waals surface area (Å²) in [4.78, 5) is 9.29. The number of hydrogen-bond donors (Lipinski definition) is 0. The van der Waals surface area contributed by atoms with Crippen LogP contribution in [0.5, 0.6) is 0 Å². The van der Waals surface area contributed by atoms with Crippen molar-refractivity contribution in [1.82, 2.24) is 9.97 Å². The van der Waals surface area contributed by atoms with Crippen LogP contribution in [-0.4, -0.2) is 9.97 Å². The molecule has 33 heavy (non-hydrogen) atoms. The summed E-state index contributed by atoms with van der Waals surface area (Å²) in [6.45, 7) is 0. The van der Waals surface area contributed by atoms with Gasteiger partial charge in [-0.05, 0) is 24.3 Å². The minimum Gasteiger partial charge on any atom is -0.248 e. The molecule has 0 aliphatic rings. The molecule has 0 spiro atoms. The Bertz CT molecular complexity index is 1350. The van der Waals surface area contributed by atoms with Crippen molar-refractivity contribution >= 4 is 35.3 Å². The summed E-state index contributed by atoms with van der Waals surface area (Å²) in [7, 11) is 0. The van der Waals surface area contributed by atoms with Gasteiger partial charge in [0.15, 0.2) is 0 Å². The van der Waals surface area contributed by atoms with Crippen molar-refractivity contribution in [2.75, 3.05) is 0 Å². The molecule has 160 valence electrons. The molecule has 0 N–H and O–H groups in total. The highest BCUT2D eigenvalue weighted by molar-refractivity contribution is 7.59. The predicted molar refractivity (Wildman–Crippen MR) is 145 cm³/mol. The minimum atomic E-state index is 0. The van der Waals surface area contributed by atoms with E-state index in [0.717, 1.165) is 33.5 Å². The molecule has 0 saturated carbocycles. The summed E-state index contributed by atoms with van der Waals surface area (Å²) in [6.07, 6.45) is 0. The zero-order valence-corrected chi connectivity index (χ0v) is 19.1. The van der Waals surface area contributed by atoms with Crippen LogP contribution in [0.25, 0.3) is 44.3 Å². The van der Waals surface area contributed by atoms with Gasteiger partial charge in [0, 0.05) is 21.9 Å². The van der Waals surface area contributed by atoms with Crippen LogP contribution in [0.1, 0.15) is 0 Å². The SMILES string of the molecule is S.c1ccc(-c2ccc3ccccc3n2)cc1.c1ccc(-c2ccc3ccccc3n2)cc1. The Morgan fingerprint density at radius 3 is 1.12 bits per heavy atom. The van der Waals surface area contributed by atoms with Crippen LogP contribution in [0, 0.1) is 0 Å². The van der Waals surface area contributed by atoms with Gasteiger partial charge < -0.3 is 0 Å². The summed E-state index contributed by atoms with van der Waals surface area (Å²) in [5, 5.41) is 2.37. The van der Waals surface area contributed by atoms with Crippen molar-refractivity contribution in [2.45, 2.75) is 0 Å². The maximum absolute atomic E-state index is 4.65. The van der Waals surface area contributed by atoms with Crippen LogP contribution in [-0.2, 0) is 0 Å². The van der Waals surface area contributed by atoms with Crippen molar-refractivity contribution in [2.24, 2.45) is 0 Å². The highest BCUT2D eigenvalue weighted by Gasteiger charge is 2.00.